The molecule has 15 heavy (non-hydrogen) atoms. The van der Waals surface area contributed by atoms with Gasteiger partial charge in [0.2, 0.25) is 0 Å². The van der Waals surface area contributed by atoms with Crippen molar-refractivity contribution in [2.24, 2.45) is 5.73 Å². The molecular weight excluding hydrogens is 184 g/mol. The zero-order valence-corrected chi connectivity index (χ0v) is 8.56. The normalized spacial score (nSPS) is 25.1. The van der Waals surface area contributed by atoms with Crippen LogP contribution in [0.4, 0.5) is 0 Å². The second kappa shape index (κ2) is 3.31. The SMILES string of the molecule is NC1CCC1c1ccc2cccnc2c1. The first-order valence-electron chi connectivity index (χ1n) is 5.45. The minimum Gasteiger partial charge on any atom is -0.327 e. The standard InChI is InChI=1S/C13H14N2/c14-12-6-5-11(12)10-4-3-9-2-1-7-15-13(9)8-10/h1-4,7-8,11-12H,5-6,14H2. The van der Waals surface area contributed by atoms with Crippen molar-refractivity contribution in [3.63, 3.8) is 0 Å². The molecule has 0 radical (unpaired) electrons. The number of hydrogen-bond donors (Lipinski definition) is 1. The molecule has 0 aliphatic heterocycles. The molecule has 2 atom stereocenters. The van der Waals surface area contributed by atoms with Gasteiger partial charge in [0.25, 0.3) is 0 Å². The van der Waals surface area contributed by atoms with Crippen LogP contribution >= 0.6 is 0 Å². The largest absolute Gasteiger partial charge is 0.327 e. The fraction of sp³-hybridized carbons (Fsp3) is 0.308. The summed E-state index contributed by atoms with van der Waals surface area (Å²) in [7, 11) is 0. The number of pyridine rings is 1. The van der Waals surface area contributed by atoms with E-state index in [1.54, 1.807) is 0 Å². The van der Waals surface area contributed by atoms with E-state index in [2.05, 4.69) is 29.2 Å². The van der Waals surface area contributed by atoms with E-state index < -0.39 is 0 Å². The molecule has 2 nitrogen and oxygen atoms in total. The Morgan fingerprint density at radius 2 is 2.13 bits per heavy atom. The van der Waals surface area contributed by atoms with Gasteiger partial charge >= 0.3 is 0 Å². The van der Waals surface area contributed by atoms with Crippen LogP contribution in [0.25, 0.3) is 10.9 Å². The number of benzene rings is 1. The first kappa shape index (κ1) is 8.86. The molecule has 1 aliphatic carbocycles. The van der Waals surface area contributed by atoms with Gasteiger partial charge in [0, 0.05) is 17.6 Å². The van der Waals surface area contributed by atoms with E-state index in [0.29, 0.717) is 12.0 Å². The molecule has 2 unspecified atom stereocenters. The summed E-state index contributed by atoms with van der Waals surface area (Å²) in [6.07, 6.45) is 4.22. The Morgan fingerprint density at radius 1 is 1.20 bits per heavy atom. The van der Waals surface area contributed by atoms with Crippen LogP contribution < -0.4 is 5.73 Å². The van der Waals surface area contributed by atoms with E-state index in [0.717, 1.165) is 11.9 Å². The van der Waals surface area contributed by atoms with Crippen LogP contribution in [-0.4, -0.2) is 11.0 Å². The van der Waals surface area contributed by atoms with Crippen LogP contribution in [-0.2, 0) is 0 Å². The van der Waals surface area contributed by atoms with Crippen LogP contribution in [0.5, 0.6) is 0 Å². The highest BCUT2D eigenvalue weighted by molar-refractivity contribution is 5.79. The molecule has 2 aromatic rings. The van der Waals surface area contributed by atoms with Crippen LogP contribution in [0.1, 0.15) is 24.3 Å². The molecule has 0 amide bonds. The Kier molecular flexibility index (Phi) is 1.96. The van der Waals surface area contributed by atoms with E-state index in [9.17, 15) is 0 Å². The summed E-state index contributed by atoms with van der Waals surface area (Å²) < 4.78 is 0. The maximum atomic E-state index is 5.98. The van der Waals surface area contributed by atoms with Gasteiger partial charge in [-0.3, -0.25) is 4.98 Å². The topological polar surface area (TPSA) is 38.9 Å². The lowest BCUT2D eigenvalue weighted by Gasteiger charge is -2.34. The van der Waals surface area contributed by atoms with Crippen LogP contribution in [0, 0.1) is 0 Å². The van der Waals surface area contributed by atoms with E-state index in [1.807, 2.05) is 12.3 Å². The third-order valence-electron chi connectivity index (χ3n) is 3.39. The summed E-state index contributed by atoms with van der Waals surface area (Å²) >= 11 is 0. The summed E-state index contributed by atoms with van der Waals surface area (Å²) in [6, 6.07) is 10.9. The van der Waals surface area contributed by atoms with Crippen LogP contribution in [0.2, 0.25) is 0 Å². The van der Waals surface area contributed by atoms with E-state index in [-0.39, 0.29) is 0 Å². The molecule has 2 N–H and O–H groups in total. The van der Waals surface area contributed by atoms with Gasteiger partial charge in [-0.15, -0.1) is 0 Å². The van der Waals surface area contributed by atoms with Crippen molar-refractivity contribution in [3.05, 3.63) is 42.1 Å². The minimum absolute atomic E-state index is 0.353. The molecule has 2 heteroatoms. The predicted octanol–water partition coefficient (Wildman–Crippen LogP) is 2.44. The average molecular weight is 198 g/mol. The summed E-state index contributed by atoms with van der Waals surface area (Å²) in [4.78, 5) is 4.37. The Labute approximate surface area is 89.1 Å². The molecule has 76 valence electrons. The highest BCUT2D eigenvalue weighted by Crippen LogP contribution is 2.36. The molecule has 0 spiro atoms. The molecular formula is C13H14N2. The van der Waals surface area contributed by atoms with Crippen molar-refractivity contribution in [1.82, 2.24) is 4.98 Å². The van der Waals surface area contributed by atoms with E-state index >= 15 is 0 Å². The zero-order chi connectivity index (χ0) is 10.3. The van der Waals surface area contributed by atoms with Gasteiger partial charge in [0.15, 0.2) is 0 Å². The van der Waals surface area contributed by atoms with Crippen molar-refractivity contribution in [2.75, 3.05) is 0 Å². The molecule has 1 heterocycles. The maximum Gasteiger partial charge on any atom is 0.0704 e. The highest BCUT2D eigenvalue weighted by Gasteiger charge is 2.28. The number of rotatable bonds is 1. The van der Waals surface area contributed by atoms with Crippen LogP contribution in [0.15, 0.2) is 36.5 Å². The molecule has 1 saturated carbocycles. The molecule has 1 aromatic heterocycles. The maximum absolute atomic E-state index is 5.98. The Bertz CT molecular complexity index is 493. The Balaban J connectivity index is 2.06. The van der Waals surface area contributed by atoms with E-state index in [4.69, 9.17) is 5.73 Å². The lowest BCUT2D eigenvalue weighted by molar-refractivity contribution is 0.347. The van der Waals surface area contributed by atoms with Gasteiger partial charge < -0.3 is 5.73 Å². The molecule has 0 saturated heterocycles. The molecule has 1 fully saturated rings. The molecule has 0 bridgehead atoms. The van der Waals surface area contributed by atoms with Crippen molar-refractivity contribution >= 4 is 10.9 Å². The lowest BCUT2D eigenvalue weighted by atomic mass is 9.75. The molecule has 1 aromatic carbocycles. The zero-order valence-electron chi connectivity index (χ0n) is 8.56. The summed E-state index contributed by atoms with van der Waals surface area (Å²) in [6.45, 7) is 0. The third kappa shape index (κ3) is 1.41. The summed E-state index contributed by atoms with van der Waals surface area (Å²) in [5, 5.41) is 1.20. The first-order valence-corrected chi connectivity index (χ1v) is 5.45. The number of nitrogens with zero attached hydrogens (tertiary/aromatic N) is 1. The minimum atomic E-state index is 0.353. The number of aromatic nitrogens is 1. The quantitative estimate of drug-likeness (QED) is 0.764. The Hall–Kier alpha value is -1.41. The predicted molar refractivity (Wildman–Crippen MR) is 61.7 cm³/mol. The lowest BCUT2D eigenvalue weighted by Crippen LogP contribution is -2.37. The van der Waals surface area contributed by atoms with Crippen LogP contribution in [0.3, 0.4) is 0 Å². The van der Waals surface area contributed by atoms with Gasteiger partial charge in [-0.2, -0.15) is 0 Å². The second-order valence-corrected chi connectivity index (χ2v) is 4.30. The second-order valence-electron chi connectivity index (χ2n) is 4.30. The fourth-order valence-corrected chi connectivity index (χ4v) is 2.25. The Morgan fingerprint density at radius 3 is 2.87 bits per heavy atom. The first-order chi connectivity index (χ1) is 7.34. The monoisotopic (exact) mass is 198 g/mol. The number of hydrogen-bond acceptors (Lipinski definition) is 2. The number of nitrogens with two attached hydrogens (primary N) is 1. The third-order valence-corrected chi connectivity index (χ3v) is 3.39. The smallest absolute Gasteiger partial charge is 0.0704 e. The van der Waals surface area contributed by atoms with Crippen molar-refractivity contribution in [3.8, 4) is 0 Å². The molecule has 1 aliphatic rings. The van der Waals surface area contributed by atoms with Gasteiger partial charge in [0.05, 0.1) is 5.52 Å². The van der Waals surface area contributed by atoms with Gasteiger partial charge in [0.1, 0.15) is 0 Å². The van der Waals surface area contributed by atoms with Gasteiger partial charge in [-0.1, -0.05) is 18.2 Å². The highest BCUT2D eigenvalue weighted by atomic mass is 14.7. The van der Waals surface area contributed by atoms with Crippen molar-refractivity contribution < 1.29 is 0 Å². The van der Waals surface area contributed by atoms with Gasteiger partial charge in [-0.25, -0.2) is 0 Å². The number of fused-ring (bicyclic) bond motifs is 1. The summed E-state index contributed by atoms with van der Waals surface area (Å²) in [5.74, 6) is 0.552. The van der Waals surface area contributed by atoms with Gasteiger partial charge in [-0.05, 0) is 36.5 Å². The van der Waals surface area contributed by atoms with E-state index in [1.165, 1.54) is 17.4 Å². The van der Waals surface area contributed by atoms with Crippen molar-refractivity contribution in [2.45, 2.75) is 24.8 Å². The fourth-order valence-electron chi connectivity index (χ4n) is 2.25. The average Bonchev–Trinajstić information content (AvgIpc) is 2.27. The summed E-state index contributed by atoms with van der Waals surface area (Å²) in [5.41, 5.74) is 8.40. The van der Waals surface area contributed by atoms with Crippen molar-refractivity contribution in [1.29, 1.82) is 0 Å². The molecule has 3 rings (SSSR count).